The average molecular weight is 322 g/mol. The summed E-state index contributed by atoms with van der Waals surface area (Å²) in [5.41, 5.74) is 2.33. The summed E-state index contributed by atoms with van der Waals surface area (Å²) in [5.74, 6) is 1.66. The number of aryl methyl sites for hydroxylation is 2. The van der Waals surface area contributed by atoms with Crippen LogP contribution in [-0.4, -0.2) is 36.9 Å². The van der Waals surface area contributed by atoms with Gasteiger partial charge in [0.05, 0.1) is 0 Å². The Morgan fingerprint density at radius 2 is 2.12 bits per heavy atom. The van der Waals surface area contributed by atoms with Crippen molar-refractivity contribution < 1.29 is 4.79 Å². The molecule has 7 heteroatoms. The Labute approximate surface area is 139 Å². The summed E-state index contributed by atoms with van der Waals surface area (Å²) in [5, 5.41) is 18.5. The van der Waals surface area contributed by atoms with Crippen LogP contribution in [0.1, 0.15) is 28.4 Å². The standard InChI is InChI=1S/C17H18N6O/c1-11-9-14(20-19-11)17(24)18-13-7-8-15-21-22-16(23(15)10-13)12-5-3-2-4-6-12/h2-6,9,13H,7-8,10H2,1H3,(H,18,24)(H,19,20)/t13-/m0/s1. The molecule has 1 aliphatic rings. The lowest BCUT2D eigenvalue weighted by Crippen LogP contribution is -2.41. The maximum Gasteiger partial charge on any atom is 0.272 e. The number of H-pyrrole nitrogens is 1. The molecule has 3 heterocycles. The molecule has 2 aromatic heterocycles. The van der Waals surface area contributed by atoms with Gasteiger partial charge in [0, 0.05) is 30.3 Å². The highest BCUT2D eigenvalue weighted by Crippen LogP contribution is 2.23. The fourth-order valence-electron chi connectivity index (χ4n) is 3.04. The van der Waals surface area contributed by atoms with E-state index in [-0.39, 0.29) is 11.9 Å². The van der Waals surface area contributed by atoms with E-state index in [1.807, 2.05) is 37.3 Å². The molecule has 0 fully saturated rings. The molecule has 0 spiro atoms. The van der Waals surface area contributed by atoms with Gasteiger partial charge < -0.3 is 9.88 Å². The van der Waals surface area contributed by atoms with E-state index >= 15 is 0 Å². The Morgan fingerprint density at radius 1 is 1.29 bits per heavy atom. The van der Waals surface area contributed by atoms with E-state index in [9.17, 15) is 4.79 Å². The topological polar surface area (TPSA) is 88.5 Å². The maximum absolute atomic E-state index is 12.3. The van der Waals surface area contributed by atoms with Crippen LogP contribution in [0.4, 0.5) is 0 Å². The third-order valence-electron chi connectivity index (χ3n) is 4.25. The molecule has 2 N–H and O–H groups in total. The van der Waals surface area contributed by atoms with Gasteiger partial charge in [-0.3, -0.25) is 9.89 Å². The second kappa shape index (κ2) is 5.92. The van der Waals surface area contributed by atoms with E-state index in [2.05, 4.69) is 30.3 Å². The van der Waals surface area contributed by atoms with Crippen molar-refractivity contribution in [3.05, 3.63) is 53.6 Å². The Hall–Kier alpha value is -2.96. The lowest BCUT2D eigenvalue weighted by atomic mass is 10.1. The highest BCUT2D eigenvalue weighted by molar-refractivity contribution is 5.92. The zero-order valence-electron chi connectivity index (χ0n) is 13.4. The van der Waals surface area contributed by atoms with Crippen LogP contribution >= 0.6 is 0 Å². The predicted molar refractivity (Wildman–Crippen MR) is 88.4 cm³/mol. The lowest BCUT2D eigenvalue weighted by Gasteiger charge is -2.25. The number of benzene rings is 1. The molecule has 1 aliphatic heterocycles. The quantitative estimate of drug-likeness (QED) is 0.768. The number of hydrogen-bond donors (Lipinski definition) is 2. The van der Waals surface area contributed by atoms with E-state index < -0.39 is 0 Å². The first-order chi connectivity index (χ1) is 11.7. The van der Waals surface area contributed by atoms with Crippen LogP contribution in [0.5, 0.6) is 0 Å². The largest absolute Gasteiger partial charge is 0.346 e. The number of carbonyl (C=O) groups is 1. The van der Waals surface area contributed by atoms with Crippen LogP contribution in [0.25, 0.3) is 11.4 Å². The molecule has 24 heavy (non-hydrogen) atoms. The third-order valence-corrected chi connectivity index (χ3v) is 4.25. The molecule has 122 valence electrons. The number of rotatable bonds is 3. The summed E-state index contributed by atoms with van der Waals surface area (Å²) in [4.78, 5) is 12.3. The van der Waals surface area contributed by atoms with E-state index in [1.54, 1.807) is 6.07 Å². The summed E-state index contributed by atoms with van der Waals surface area (Å²) >= 11 is 0. The zero-order valence-corrected chi connectivity index (χ0v) is 13.4. The first-order valence-corrected chi connectivity index (χ1v) is 8.01. The smallest absolute Gasteiger partial charge is 0.272 e. The third kappa shape index (κ3) is 2.68. The minimum atomic E-state index is -0.151. The van der Waals surface area contributed by atoms with Gasteiger partial charge in [0.25, 0.3) is 5.91 Å². The Morgan fingerprint density at radius 3 is 2.88 bits per heavy atom. The van der Waals surface area contributed by atoms with Crippen LogP contribution in [0.3, 0.4) is 0 Å². The van der Waals surface area contributed by atoms with E-state index in [0.717, 1.165) is 35.7 Å². The highest BCUT2D eigenvalue weighted by Gasteiger charge is 2.25. The fraction of sp³-hybridized carbons (Fsp3) is 0.294. The van der Waals surface area contributed by atoms with Gasteiger partial charge in [0.15, 0.2) is 5.82 Å². The number of hydrogen-bond acceptors (Lipinski definition) is 4. The van der Waals surface area contributed by atoms with Gasteiger partial charge in [-0.15, -0.1) is 10.2 Å². The van der Waals surface area contributed by atoms with Gasteiger partial charge in [0.2, 0.25) is 0 Å². The van der Waals surface area contributed by atoms with Crippen molar-refractivity contribution >= 4 is 5.91 Å². The zero-order chi connectivity index (χ0) is 16.5. The molecule has 0 aliphatic carbocycles. The van der Waals surface area contributed by atoms with Crippen LogP contribution in [0.15, 0.2) is 36.4 Å². The summed E-state index contributed by atoms with van der Waals surface area (Å²) in [6.45, 7) is 2.54. The first kappa shape index (κ1) is 14.6. The molecular weight excluding hydrogens is 304 g/mol. The van der Waals surface area contributed by atoms with E-state index in [1.165, 1.54) is 0 Å². The lowest BCUT2D eigenvalue weighted by molar-refractivity contribution is 0.0922. The minimum Gasteiger partial charge on any atom is -0.346 e. The van der Waals surface area contributed by atoms with Gasteiger partial charge in [-0.1, -0.05) is 30.3 Å². The second-order valence-corrected chi connectivity index (χ2v) is 6.06. The molecule has 0 saturated heterocycles. The van der Waals surface area contributed by atoms with Crippen molar-refractivity contribution in [2.75, 3.05) is 0 Å². The normalized spacial score (nSPS) is 16.6. The number of aromatic nitrogens is 5. The molecule has 1 atom stereocenters. The van der Waals surface area contributed by atoms with Gasteiger partial charge >= 0.3 is 0 Å². The Kier molecular flexibility index (Phi) is 3.60. The maximum atomic E-state index is 12.3. The van der Waals surface area contributed by atoms with E-state index in [0.29, 0.717) is 12.2 Å². The minimum absolute atomic E-state index is 0.0421. The summed E-state index contributed by atoms with van der Waals surface area (Å²) < 4.78 is 2.10. The number of aromatic amines is 1. The van der Waals surface area contributed by atoms with Crippen LogP contribution in [0, 0.1) is 6.92 Å². The molecule has 1 aromatic carbocycles. The van der Waals surface area contributed by atoms with Gasteiger partial charge in [-0.25, -0.2) is 0 Å². The van der Waals surface area contributed by atoms with Crippen LogP contribution in [-0.2, 0) is 13.0 Å². The number of nitrogens with one attached hydrogen (secondary N) is 2. The number of fused-ring (bicyclic) bond motifs is 1. The number of amides is 1. The van der Waals surface area contributed by atoms with Crippen molar-refractivity contribution in [3.8, 4) is 11.4 Å². The summed E-state index contributed by atoms with van der Waals surface area (Å²) in [6.07, 6.45) is 1.65. The second-order valence-electron chi connectivity index (χ2n) is 6.06. The van der Waals surface area contributed by atoms with Gasteiger partial charge in [-0.05, 0) is 19.4 Å². The molecule has 0 unspecified atom stereocenters. The van der Waals surface area contributed by atoms with Crippen molar-refractivity contribution in [1.29, 1.82) is 0 Å². The summed E-state index contributed by atoms with van der Waals surface area (Å²) in [6, 6.07) is 11.8. The highest BCUT2D eigenvalue weighted by atomic mass is 16.2. The molecule has 3 aromatic rings. The Balaban J connectivity index is 1.53. The Bertz CT molecular complexity index is 866. The van der Waals surface area contributed by atoms with E-state index in [4.69, 9.17) is 0 Å². The van der Waals surface area contributed by atoms with Gasteiger partial charge in [-0.2, -0.15) is 5.10 Å². The van der Waals surface area contributed by atoms with Crippen molar-refractivity contribution in [2.24, 2.45) is 0 Å². The summed E-state index contributed by atoms with van der Waals surface area (Å²) in [7, 11) is 0. The molecule has 0 bridgehead atoms. The molecule has 7 nitrogen and oxygen atoms in total. The monoisotopic (exact) mass is 322 g/mol. The van der Waals surface area contributed by atoms with Crippen molar-refractivity contribution in [1.82, 2.24) is 30.3 Å². The van der Waals surface area contributed by atoms with Crippen molar-refractivity contribution in [2.45, 2.75) is 32.4 Å². The number of carbonyl (C=O) groups excluding carboxylic acids is 1. The molecule has 0 radical (unpaired) electrons. The molecule has 1 amide bonds. The molecule has 4 rings (SSSR count). The molecule has 0 saturated carbocycles. The predicted octanol–water partition coefficient (Wildman–Crippen LogP) is 1.72. The van der Waals surface area contributed by atoms with Crippen LogP contribution < -0.4 is 5.32 Å². The SMILES string of the molecule is Cc1cc(C(=O)N[C@H]2CCc3nnc(-c4ccccc4)n3C2)n[nH]1. The molecular formula is C17H18N6O. The van der Waals surface area contributed by atoms with Gasteiger partial charge in [0.1, 0.15) is 11.5 Å². The van der Waals surface area contributed by atoms with Crippen molar-refractivity contribution in [3.63, 3.8) is 0 Å². The average Bonchev–Trinajstić information content (AvgIpc) is 3.21. The first-order valence-electron chi connectivity index (χ1n) is 8.01. The van der Waals surface area contributed by atoms with Crippen LogP contribution in [0.2, 0.25) is 0 Å². The fourth-order valence-corrected chi connectivity index (χ4v) is 3.04. The number of nitrogens with zero attached hydrogens (tertiary/aromatic N) is 4.